The predicted octanol–water partition coefficient (Wildman–Crippen LogP) is 5.03. The molecule has 128 valence electrons. The highest BCUT2D eigenvalue weighted by Gasteiger charge is 2.15. The van der Waals surface area contributed by atoms with Crippen LogP contribution in [0.1, 0.15) is 10.4 Å². The number of para-hydroxylation sites is 1. The van der Waals surface area contributed by atoms with Crippen LogP contribution in [0, 0.1) is 0 Å². The number of carbonyl (C=O) groups is 1. The summed E-state index contributed by atoms with van der Waals surface area (Å²) in [4.78, 5) is 12.2. The van der Waals surface area contributed by atoms with Gasteiger partial charge in [0.2, 0.25) is 0 Å². The van der Waals surface area contributed by atoms with Gasteiger partial charge in [-0.1, -0.05) is 47.1 Å². The van der Waals surface area contributed by atoms with Gasteiger partial charge in [-0.25, -0.2) is 0 Å². The van der Waals surface area contributed by atoms with E-state index in [1.165, 1.54) is 0 Å². The second kappa shape index (κ2) is 7.91. The lowest BCUT2D eigenvalue weighted by molar-refractivity contribution is 0.102. The third kappa shape index (κ3) is 4.15. The van der Waals surface area contributed by atoms with Gasteiger partial charge in [0.25, 0.3) is 11.1 Å². The number of ether oxygens (including phenoxy) is 1. The van der Waals surface area contributed by atoms with E-state index in [1.54, 1.807) is 31.4 Å². The Balaban J connectivity index is 1.69. The molecule has 1 heterocycles. The fourth-order valence-corrected chi connectivity index (χ4v) is 3.03. The molecule has 0 aliphatic rings. The van der Waals surface area contributed by atoms with Crippen LogP contribution in [0.25, 0.3) is 11.5 Å². The van der Waals surface area contributed by atoms with Gasteiger partial charge in [-0.15, -0.1) is 10.2 Å². The summed E-state index contributed by atoms with van der Waals surface area (Å²) < 4.78 is 10.9. The molecule has 0 amide bonds. The van der Waals surface area contributed by atoms with E-state index in [9.17, 15) is 4.79 Å². The van der Waals surface area contributed by atoms with Crippen molar-refractivity contribution in [1.82, 2.24) is 10.2 Å². The summed E-state index contributed by atoms with van der Waals surface area (Å²) in [7, 11) is 1.57. The Morgan fingerprint density at radius 3 is 2.72 bits per heavy atom. The molecule has 25 heavy (non-hydrogen) atoms. The van der Waals surface area contributed by atoms with Gasteiger partial charge in [0.05, 0.1) is 28.5 Å². The first kappa shape index (κ1) is 17.8. The number of carbonyl (C=O) groups excluding carboxylic acids is 1. The largest absolute Gasteiger partial charge is 0.496 e. The normalized spacial score (nSPS) is 10.7. The number of halogens is 2. The van der Waals surface area contributed by atoms with Crippen molar-refractivity contribution in [3.63, 3.8) is 0 Å². The van der Waals surface area contributed by atoms with Gasteiger partial charge in [0.15, 0.2) is 5.78 Å². The zero-order valence-electron chi connectivity index (χ0n) is 13.0. The first-order valence-electron chi connectivity index (χ1n) is 7.16. The standard InChI is InChI=1S/C17H12Cl2N2O3S/c1-23-15-5-3-2-4-11(15)16-20-21-17(24-16)25-9-14(22)10-6-7-12(18)13(19)8-10/h2-8H,9H2,1H3. The van der Waals surface area contributed by atoms with Crippen LogP contribution in [0.2, 0.25) is 10.0 Å². The molecule has 3 aromatic rings. The molecular weight excluding hydrogens is 383 g/mol. The molecule has 0 saturated heterocycles. The first-order chi connectivity index (χ1) is 12.1. The fraction of sp³-hybridized carbons (Fsp3) is 0.118. The Morgan fingerprint density at radius 2 is 1.96 bits per heavy atom. The van der Waals surface area contributed by atoms with Gasteiger partial charge in [0, 0.05) is 5.56 Å². The minimum Gasteiger partial charge on any atom is -0.496 e. The number of thioether (sulfide) groups is 1. The van der Waals surface area contributed by atoms with Crippen molar-refractivity contribution < 1.29 is 13.9 Å². The maximum Gasteiger partial charge on any atom is 0.277 e. The molecule has 0 aliphatic heterocycles. The molecule has 0 aliphatic carbocycles. The Morgan fingerprint density at radius 1 is 1.16 bits per heavy atom. The average molecular weight is 395 g/mol. The quantitative estimate of drug-likeness (QED) is 0.431. The molecule has 0 saturated carbocycles. The predicted molar refractivity (Wildman–Crippen MR) is 97.8 cm³/mol. The molecule has 0 N–H and O–H groups in total. The van der Waals surface area contributed by atoms with Crippen molar-refractivity contribution in [2.24, 2.45) is 0 Å². The second-order valence-electron chi connectivity index (χ2n) is 4.91. The van der Waals surface area contributed by atoms with E-state index in [0.29, 0.717) is 38.0 Å². The van der Waals surface area contributed by atoms with Crippen molar-refractivity contribution in [2.75, 3.05) is 12.9 Å². The van der Waals surface area contributed by atoms with Gasteiger partial charge in [-0.05, 0) is 30.3 Å². The van der Waals surface area contributed by atoms with Gasteiger partial charge in [-0.2, -0.15) is 0 Å². The molecule has 0 fully saturated rings. The average Bonchev–Trinajstić information content (AvgIpc) is 3.10. The monoisotopic (exact) mass is 394 g/mol. The summed E-state index contributed by atoms with van der Waals surface area (Å²) in [6, 6.07) is 12.1. The van der Waals surface area contributed by atoms with E-state index in [-0.39, 0.29) is 11.5 Å². The summed E-state index contributed by atoms with van der Waals surface area (Å²) >= 11 is 12.9. The molecule has 2 aromatic carbocycles. The minimum absolute atomic E-state index is 0.111. The van der Waals surface area contributed by atoms with Crippen LogP contribution in [-0.2, 0) is 0 Å². The van der Waals surface area contributed by atoms with Gasteiger partial charge < -0.3 is 9.15 Å². The highest BCUT2D eigenvalue weighted by atomic mass is 35.5. The Hall–Kier alpha value is -2.02. The summed E-state index contributed by atoms with van der Waals surface area (Å²) in [5, 5.41) is 9.01. The molecular formula is C17H12Cl2N2O3S. The zero-order chi connectivity index (χ0) is 17.8. The fourth-order valence-electron chi connectivity index (χ4n) is 2.08. The summed E-state index contributed by atoms with van der Waals surface area (Å²) in [6.07, 6.45) is 0. The number of ketones is 1. The van der Waals surface area contributed by atoms with E-state index < -0.39 is 0 Å². The van der Waals surface area contributed by atoms with E-state index in [4.69, 9.17) is 32.4 Å². The molecule has 0 spiro atoms. The van der Waals surface area contributed by atoms with Crippen molar-refractivity contribution in [3.8, 4) is 17.2 Å². The van der Waals surface area contributed by atoms with Crippen LogP contribution in [0.4, 0.5) is 0 Å². The molecule has 5 nitrogen and oxygen atoms in total. The highest BCUT2D eigenvalue weighted by molar-refractivity contribution is 7.99. The SMILES string of the molecule is COc1ccccc1-c1nnc(SCC(=O)c2ccc(Cl)c(Cl)c2)o1. The Kier molecular flexibility index (Phi) is 5.63. The van der Waals surface area contributed by atoms with Crippen molar-refractivity contribution in [3.05, 3.63) is 58.1 Å². The Labute approximate surface area is 158 Å². The van der Waals surface area contributed by atoms with Gasteiger partial charge >= 0.3 is 0 Å². The van der Waals surface area contributed by atoms with Gasteiger partial charge in [0.1, 0.15) is 5.75 Å². The van der Waals surface area contributed by atoms with Crippen LogP contribution in [-0.4, -0.2) is 28.8 Å². The highest BCUT2D eigenvalue weighted by Crippen LogP contribution is 2.30. The summed E-state index contributed by atoms with van der Waals surface area (Å²) in [5.41, 5.74) is 1.17. The van der Waals surface area contributed by atoms with Crippen molar-refractivity contribution >= 4 is 40.7 Å². The lowest BCUT2D eigenvalue weighted by atomic mass is 10.1. The number of nitrogens with zero attached hydrogens (tertiary/aromatic N) is 2. The van der Waals surface area contributed by atoms with Crippen LogP contribution in [0.3, 0.4) is 0 Å². The number of aromatic nitrogens is 2. The van der Waals surface area contributed by atoms with E-state index in [1.807, 2.05) is 18.2 Å². The van der Waals surface area contributed by atoms with Crippen LogP contribution < -0.4 is 4.74 Å². The number of Topliss-reactive ketones (excluding diaryl/α,β-unsaturated/α-hetero) is 1. The third-order valence-corrected chi connectivity index (χ3v) is 4.87. The molecule has 3 rings (SSSR count). The number of benzene rings is 2. The second-order valence-corrected chi connectivity index (χ2v) is 6.66. The van der Waals surface area contributed by atoms with Crippen LogP contribution >= 0.6 is 35.0 Å². The van der Waals surface area contributed by atoms with Gasteiger partial charge in [-0.3, -0.25) is 4.79 Å². The number of methoxy groups -OCH3 is 1. The Bertz CT molecular complexity index is 914. The lowest BCUT2D eigenvalue weighted by Gasteiger charge is -2.03. The molecule has 1 aromatic heterocycles. The number of hydrogen-bond acceptors (Lipinski definition) is 6. The number of rotatable bonds is 6. The first-order valence-corrected chi connectivity index (χ1v) is 8.90. The number of hydrogen-bond donors (Lipinski definition) is 0. The van der Waals surface area contributed by atoms with E-state index in [2.05, 4.69) is 10.2 Å². The van der Waals surface area contributed by atoms with Crippen molar-refractivity contribution in [1.29, 1.82) is 0 Å². The molecule has 0 unspecified atom stereocenters. The van der Waals surface area contributed by atoms with E-state index in [0.717, 1.165) is 11.8 Å². The van der Waals surface area contributed by atoms with Crippen molar-refractivity contribution in [2.45, 2.75) is 5.22 Å². The maximum atomic E-state index is 12.2. The van der Waals surface area contributed by atoms with E-state index >= 15 is 0 Å². The third-order valence-electron chi connectivity index (χ3n) is 3.31. The molecule has 0 atom stereocenters. The topological polar surface area (TPSA) is 65.2 Å². The summed E-state index contributed by atoms with van der Waals surface area (Å²) in [6.45, 7) is 0. The molecule has 0 bridgehead atoms. The van der Waals surface area contributed by atoms with Crippen LogP contribution in [0.15, 0.2) is 52.1 Å². The molecule has 0 radical (unpaired) electrons. The maximum absolute atomic E-state index is 12.2. The minimum atomic E-state index is -0.111. The lowest BCUT2D eigenvalue weighted by Crippen LogP contribution is -2.02. The molecule has 8 heteroatoms. The zero-order valence-corrected chi connectivity index (χ0v) is 15.4. The smallest absolute Gasteiger partial charge is 0.277 e. The van der Waals surface area contributed by atoms with Crippen LogP contribution in [0.5, 0.6) is 5.75 Å². The summed E-state index contributed by atoms with van der Waals surface area (Å²) in [5.74, 6) is 1.00.